The van der Waals surface area contributed by atoms with Crippen LogP contribution in [0.3, 0.4) is 0 Å². The molecule has 5 nitrogen and oxygen atoms in total. The largest absolute Gasteiger partial charge is 0.483 e. The highest BCUT2D eigenvalue weighted by molar-refractivity contribution is 9.11. The van der Waals surface area contributed by atoms with Crippen molar-refractivity contribution in [1.82, 2.24) is 4.90 Å². The molecular formula is C13H15Br2NO4. The van der Waals surface area contributed by atoms with E-state index in [2.05, 4.69) is 31.9 Å². The van der Waals surface area contributed by atoms with Crippen LogP contribution in [0.25, 0.3) is 0 Å². The first-order chi connectivity index (χ1) is 9.43. The van der Waals surface area contributed by atoms with Crippen LogP contribution in [0, 0.1) is 0 Å². The third-order valence-corrected chi connectivity index (χ3v) is 3.53. The number of aliphatic carboxylic acids is 1. The van der Waals surface area contributed by atoms with E-state index < -0.39 is 5.97 Å². The fraction of sp³-hybridized carbons (Fsp3) is 0.385. The van der Waals surface area contributed by atoms with Crippen LogP contribution in [0.5, 0.6) is 5.75 Å². The molecular weight excluding hydrogens is 394 g/mol. The summed E-state index contributed by atoms with van der Waals surface area (Å²) in [5, 5.41) is 8.77. The van der Waals surface area contributed by atoms with Gasteiger partial charge in [0.2, 0.25) is 0 Å². The second-order valence-corrected chi connectivity index (χ2v) is 5.84. The normalized spacial score (nSPS) is 10.2. The van der Waals surface area contributed by atoms with Crippen molar-refractivity contribution in [3.05, 3.63) is 27.1 Å². The van der Waals surface area contributed by atoms with E-state index in [4.69, 9.17) is 9.84 Å². The first-order valence-electron chi connectivity index (χ1n) is 6.01. The molecule has 0 spiro atoms. The molecule has 0 aromatic heterocycles. The van der Waals surface area contributed by atoms with Gasteiger partial charge in [-0.3, -0.25) is 9.59 Å². The molecule has 1 amide bonds. The fourth-order valence-corrected chi connectivity index (χ4v) is 2.71. The number of carboxylic acids is 1. The van der Waals surface area contributed by atoms with Crippen molar-refractivity contribution in [2.45, 2.75) is 13.3 Å². The van der Waals surface area contributed by atoms with Crippen molar-refractivity contribution in [2.24, 2.45) is 0 Å². The van der Waals surface area contributed by atoms with E-state index in [0.29, 0.717) is 18.7 Å². The maximum absolute atomic E-state index is 11.9. The highest BCUT2D eigenvalue weighted by atomic mass is 79.9. The number of benzene rings is 1. The highest BCUT2D eigenvalue weighted by Gasteiger charge is 2.16. The van der Waals surface area contributed by atoms with Gasteiger partial charge < -0.3 is 14.7 Å². The van der Waals surface area contributed by atoms with Crippen LogP contribution >= 0.6 is 31.9 Å². The van der Waals surface area contributed by atoms with Crippen LogP contribution in [-0.2, 0) is 9.59 Å². The van der Waals surface area contributed by atoms with Crippen molar-refractivity contribution >= 4 is 43.7 Å². The van der Waals surface area contributed by atoms with E-state index in [0.717, 1.165) is 8.95 Å². The molecule has 0 radical (unpaired) electrons. The summed E-state index contributed by atoms with van der Waals surface area (Å²) in [7, 11) is 0. The zero-order valence-corrected chi connectivity index (χ0v) is 14.1. The molecule has 0 aliphatic heterocycles. The van der Waals surface area contributed by atoms with E-state index in [9.17, 15) is 9.59 Å². The van der Waals surface area contributed by atoms with Crippen molar-refractivity contribution in [1.29, 1.82) is 0 Å². The lowest BCUT2D eigenvalue weighted by Crippen LogP contribution is -2.39. The first-order valence-corrected chi connectivity index (χ1v) is 7.60. The summed E-state index contributed by atoms with van der Waals surface area (Å²) in [6.07, 6.45) is 0.695. The molecule has 0 atom stereocenters. The molecule has 0 saturated carbocycles. The monoisotopic (exact) mass is 407 g/mol. The predicted molar refractivity (Wildman–Crippen MR) is 81.8 cm³/mol. The Morgan fingerprint density at radius 1 is 1.35 bits per heavy atom. The molecule has 0 heterocycles. The average Bonchev–Trinajstić information content (AvgIpc) is 2.36. The number of carboxylic acid groups (broad SMARTS) is 1. The first kappa shape index (κ1) is 17.0. The van der Waals surface area contributed by atoms with Gasteiger partial charge in [-0.15, -0.1) is 0 Å². The van der Waals surface area contributed by atoms with E-state index in [-0.39, 0.29) is 19.1 Å². The summed E-state index contributed by atoms with van der Waals surface area (Å²) in [6.45, 7) is 1.79. The van der Waals surface area contributed by atoms with Crippen LogP contribution in [0.15, 0.2) is 27.1 Å². The molecule has 1 rings (SSSR count). The van der Waals surface area contributed by atoms with Gasteiger partial charge in [-0.25, -0.2) is 0 Å². The van der Waals surface area contributed by atoms with Crippen LogP contribution in [-0.4, -0.2) is 41.6 Å². The van der Waals surface area contributed by atoms with Crippen LogP contribution in [0.4, 0.5) is 0 Å². The lowest BCUT2D eigenvalue weighted by atomic mass is 10.3. The number of amides is 1. The highest BCUT2D eigenvalue weighted by Crippen LogP contribution is 2.28. The minimum atomic E-state index is -1.03. The Morgan fingerprint density at radius 2 is 2.05 bits per heavy atom. The Morgan fingerprint density at radius 3 is 2.60 bits per heavy atom. The second kappa shape index (κ2) is 8.26. The summed E-state index contributed by atoms with van der Waals surface area (Å²) >= 11 is 6.65. The Kier molecular flexibility index (Phi) is 7.01. The Labute approximate surface area is 134 Å². The molecule has 0 aliphatic carbocycles. The molecule has 7 heteroatoms. The van der Waals surface area contributed by atoms with E-state index >= 15 is 0 Å². The van der Waals surface area contributed by atoms with Gasteiger partial charge in [0.15, 0.2) is 6.61 Å². The van der Waals surface area contributed by atoms with Gasteiger partial charge in [0.1, 0.15) is 12.3 Å². The van der Waals surface area contributed by atoms with Crippen LogP contribution in [0.1, 0.15) is 13.3 Å². The van der Waals surface area contributed by atoms with Gasteiger partial charge in [0.25, 0.3) is 5.91 Å². The van der Waals surface area contributed by atoms with Gasteiger partial charge in [0.05, 0.1) is 4.47 Å². The maximum atomic E-state index is 11.9. The van der Waals surface area contributed by atoms with Crippen molar-refractivity contribution in [3.63, 3.8) is 0 Å². The predicted octanol–water partition coefficient (Wildman–Crippen LogP) is 2.91. The summed E-state index contributed by atoms with van der Waals surface area (Å²) in [5.74, 6) is -0.839. The Balaban J connectivity index is 2.62. The van der Waals surface area contributed by atoms with Gasteiger partial charge in [-0.05, 0) is 40.5 Å². The summed E-state index contributed by atoms with van der Waals surface area (Å²) in [4.78, 5) is 23.9. The second-order valence-electron chi connectivity index (χ2n) is 4.07. The number of nitrogens with zero attached hydrogens (tertiary/aromatic N) is 1. The minimum Gasteiger partial charge on any atom is -0.483 e. The molecule has 1 aromatic carbocycles. The lowest BCUT2D eigenvalue weighted by Gasteiger charge is -2.20. The van der Waals surface area contributed by atoms with Crippen molar-refractivity contribution < 1.29 is 19.4 Å². The quantitative estimate of drug-likeness (QED) is 0.753. The molecule has 0 bridgehead atoms. The number of rotatable bonds is 7. The van der Waals surface area contributed by atoms with E-state index in [1.165, 1.54) is 4.90 Å². The molecule has 1 aromatic rings. The van der Waals surface area contributed by atoms with Gasteiger partial charge in [0, 0.05) is 11.0 Å². The minimum absolute atomic E-state index is 0.187. The smallest absolute Gasteiger partial charge is 0.323 e. The van der Waals surface area contributed by atoms with Gasteiger partial charge in [-0.1, -0.05) is 22.9 Å². The standard InChI is InChI=1S/C13H15Br2NO4/c1-2-5-16(7-13(18)19)12(17)8-20-11-4-3-9(14)6-10(11)15/h3-4,6H,2,5,7-8H2,1H3,(H,18,19). The van der Waals surface area contributed by atoms with Gasteiger partial charge >= 0.3 is 5.97 Å². The fourth-order valence-electron chi connectivity index (χ4n) is 1.55. The van der Waals surface area contributed by atoms with Crippen LogP contribution < -0.4 is 4.74 Å². The van der Waals surface area contributed by atoms with Crippen molar-refractivity contribution in [3.8, 4) is 5.75 Å². The summed E-state index contributed by atoms with van der Waals surface area (Å²) < 4.78 is 7.02. The number of hydrogen-bond donors (Lipinski definition) is 1. The molecule has 0 fully saturated rings. The lowest BCUT2D eigenvalue weighted by molar-refractivity contribution is -0.145. The number of carbonyl (C=O) groups excluding carboxylic acids is 1. The topological polar surface area (TPSA) is 66.8 Å². The maximum Gasteiger partial charge on any atom is 0.323 e. The number of hydrogen-bond acceptors (Lipinski definition) is 3. The van der Waals surface area contributed by atoms with Gasteiger partial charge in [-0.2, -0.15) is 0 Å². The molecule has 20 heavy (non-hydrogen) atoms. The number of carbonyl (C=O) groups is 2. The third-order valence-electron chi connectivity index (χ3n) is 2.42. The Bertz CT molecular complexity index is 493. The molecule has 110 valence electrons. The number of ether oxygens (including phenoxy) is 1. The van der Waals surface area contributed by atoms with E-state index in [1.807, 2.05) is 6.92 Å². The zero-order chi connectivity index (χ0) is 15.1. The zero-order valence-electron chi connectivity index (χ0n) is 10.9. The third kappa shape index (κ3) is 5.50. The summed E-state index contributed by atoms with van der Waals surface area (Å²) in [6, 6.07) is 5.33. The SMILES string of the molecule is CCCN(CC(=O)O)C(=O)COc1ccc(Br)cc1Br. The number of halogens is 2. The van der Waals surface area contributed by atoms with Crippen molar-refractivity contribution in [2.75, 3.05) is 19.7 Å². The van der Waals surface area contributed by atoms with E-state index in [1.54, 1.807) is 18.2 Å². The molecule has 0 unspecified atom stereocenters. The molecule has 0 saturated heterocycles. The van der Waals surface area contributed by atoms with Crippen LogP contribution in [0.2, 0.25) is 0 Å². The summed E-state index contributed by atoms with van der Waals surface area (Å²) in [5.41, 5.74) is 0. The molecule has 1 N–H and O–H groups in total. The molecule has 0 aliphatic rings. The average molecular weight is 409 g/mol. The Hall–Kier alpha value is -1.08.